The summed E-state index contributed by atoms with van der Waals surface area (Å²) in [6.07, 6.45) is 3.26. The molecular formula is C20H19ClN2O2S. The Kier molecular flexibility index (Phi) is 4.59. The largest absolute Gasteiger partial charge is 0.366 e. The van der Waals surface area contributed by atoms with Crippen LogP contribution in [0.3, 0.4) is 0 Å². The van der Waals surface area contributed by atoms with Gasteiger partial charge in [0.25, 0.3) is 11.8 Å². The van der Waals surface area contributed by atoms with Crippen LogP contribution in [0.4, 0.5) is 5.69 Å². The van der Waals surface area contributed by atoms with Gasteiger partial charge in [-0.05, 0) is 61.4 Å². The molecule has 3 heterocycles. The molecular weight excluding hydrogens is 368 g/mol. The monoisotopic (exact) mass is 386 g/mol. The zero-order valence-electron chi connectivity index (χ0n) is 14.5. The molecule has 1 aromatic heterocycles. The molecule has 4 nitrogen and oxygen atoms in total. The molecule has 134 valence electrons. The summed E-state index contributed by atoms with van der Waals surface area (Å²) in [6.45, 7) is 3.50. The van der Waals surface area contributed by atoms with Crippen LogP contribution >= 0.6 is 22.9 Å². The number of carbonyl (C=O) groups is 2. The zero-order chi connectivity index (χ0) is 18.3. The number of benzene rings is 1. The highest BCUT2D eigenvalue weighted by Gasteiger charge is 2.43. The summed E-state index contributed by atoms with van der Waals surface area (Å²) in [5.74, 6) is -0.478. The standard InChI is InChI=1S/C20H19ClN2O2S/c1-13-12-14(21)7-8-15(13)23-19(24)17(16-6-5-11-26-16)18(20(23)25)22-9-3-2-4-10-22/h5-8,11-12H,2-4,9-10H2,1H3. The number of hydrogen-bond donors (Lipinski definition) is 0. The summed E-state index contributed by atoms with van der Waals surface area (Å²) >= 11 is 7.54. The number of nitrogens with zero attached hydrogens (tertiary/aromatic N) is 2. The summed E-state index contributed by atoms with van der Waals surface area (Å²) in [4.78, 5) is 30.9. The molecule has 0 N–H and O–H groups in total. The molecule has 1 fully saturated rings. The highest BCUT2D eigenvalue weighted by atomic mass is 35.5. The molecule has 0 radical (unpaired) electrons. The van der Waals surface area contributed by atoms with Gasteiger partial charge in [-0.3, -0.25) is 9.59 Å². The van der Waals surface area contributed by atoms with Gasteiger partial charge in [0.1, 0.15) is 5.70 Å². The molecule has 1 aromatic carbocycles. The first-order chi connectivity index (χ1) is 12.6. The van der Waals surface area contributed by atoms with Crippen LogP contribution < -0.4 is 4.90 Å². The van der Waals surface area contributed by atoms with E-state index in [1.165, 1.54) is 22.7 Å². The van der Waals surface area contributed by atoms with Crippen LogP contribution in [0.15, 0.2) is 41.4 Å². The molecule has 0 aliphatic carbocycles. The minimum Gasteiger partial charge on any atom is -0.366 e. The third-order valence-electron chi connectivity index (χ3n) is 4.90. The van der Waals surface area contributed by atoms with Crippen LogP contribution in [0.1, 0.15) is 29.7 Å². The Morgan fingerprint density at radius 2 is 1.81 bits per heavy atom. The van der Waals surface area contributed by atoms with Gasteiger partial charge in [0.2, 0.25) is 0 Å². The Morgan fingerprint density at radius 1 is 1.04 bits per heavy atom. The zero-order valence-corrected chi connectivity index (χ0v) is 16.1. The molecule has 2 amide bonds. The fourth-order valence-corrected chi connectivity index (χ4v) is 4.65. The number of aryl methyl sites for hydroxylation is 1. The van der Waals surface area contributed by atoms with E-state index in [0.29, 0.717) is 22.0 Å². The van der Waals surface area contributed by atoms with Gasteiger partial charge >= 0.3 is 0 Å². The SMILES string of the molecule is Cc1cc(Cl)ccc1N1C(=O)C(c2cccs2)=C(N2CCCCC2)C1=O. The van der Waals surface area contributed by atoms with Crippen molar-refractivity contribution in [1.29, 1.82) is 0 Å². The smallest absolute Gasteiger partial charge is 0.282 e. The van der Waals surface area contributed by atoms with Crippen molar-refractivity contribution in [2.75, 3.05) is 18.0 Å². The van der Waals surface area contributed by atoms with E-state index in [9.17, 15) is 9.59 Å². The summed E-state index contributed by atoms with van der Waals surface area (Å²) in [7, 11) is 0. The first-order valence-electron chi connectivity index (χ1n) is 8.76. The normalized spacial score (nSPS) is 18.2. The van der Waals surface area contributed by atoms with Crippen LogP contribution in [0, 0.1) is 6.92 Å². The predicted molar refractivity (Wildman–Crippen MR) is 105 cm³/mol. The van der Waals surface area contributed by atoms with Crippen molar-refractivity contribution in [1.82, 2.24) is 4.90 Å². The summed E-state index contributed by atoms with van der Waals surface area (Å²) < 4.78 is 0. The van der Waals surface area contributed by atoms with E-state index in [-0.39, 0.29) is 11.8 Å². The van der Waals surface area contributed by atoms with Crippen molar-refractivity contribution >= 4 is 46.0 Å². The van der Waals surface area contributed by atoms with Crippen LogP contribution in [-0.2, 0) is 9.59 Å². The molecule has 2 aromatic rings. The Bertz CT molecular complexity index is 899. The van der Waals surface area contributed by atoms with Crippen LogP contribution in [0.25, 0.3) is 5.57 Å². The lowest BCUT2D eigenvalue weighted by Crippen LogP contribution is -2.37. The highest BCUT2D eigenvalue weighted by molar-refractivity contribution is 7.11. The quantitative estimate of drug-likeness (QED) is 0.730. The van der Waals surface area contributed by atoms with E-state index in [4.69, 9.17) is 11.6 Å². The maximum absolute atomic E-state index is 13.3. The summed E-state index contributed by atoms with van der Waals surface area (Å²) in [5, 5.41) is 2.53. The van der Waals surface area contributed by atoms with Gasteiger partial charge in [0.05, 0.1) is 11.3 Å². The van der Waals surface area contributed by atoms with Gasteiger partial charge in [-0.15, -0.1) is 11.3 Å². The number of hydrogen-bond acceptors (Lipinski definition) is 4. The Morgan fingerprint density at radius 3 is 2.46 bits per heavy atom. The topological polar surface area (TPSA) is 40.6 Å². The van der Waals surface area contributed by atoms with Crippen molar-refractivity contribution in [3.05, 3.63) is 56.9 Å². The first-order valence-corrected chi connectivity index (χ1v) is 10.0. The van der Waals surface area contributed by atoms with Crippen molar-refractivity contribution in [3.8, 4) is 0 Å². The fraction of sp³-hybridized carbons (Fsp3) is 0.300. The van der Waals surface area contributed by atoms with E-state index in [1.54, 1.807) is 18.2 Å². The Balaban J connectivity index is 1.82. The predicted octanol–water partition coefficient (Wildman–Crippen LogP) is 4.48. The lowest BCUT2D eigenvalue weighted by atomic mass is 10.1. The summed E-state index contributed by atoms with van der Waals surface area (Å²) in [5.41, 5.74) is 2.49. The average molecular weight is 387 g/mol. The van der Waals surface area contributed by atoms with Gasteiger partial charge in [0.15, 0.2) is 0 Å². The van der Waals surface area contributed by atoms with E-state index in [2.05, 4.69) is 4.90 Å². The number of rotatable bonds is 3. The number of anilines is 1. The first kappa shape index (κ1) is 17.3. The van der Waals surface area contributed by atoms with Crippen LogP contribution in [0.5, 0.6) is 0 Å². The van der Waals surface area contributed by atoms with Gasteiger partial charge in [-0.2, -0.15) is 0 Å². The van der Waals surface area contributed by atoms with E-state index in [1.807, 2.05) is 24.4 Å². The van der Waals surface area contributed by atoms with Crippen molar-refractivity contribution in [2.24, 2.45) is 0 Å². The molecule has 26 heavy (non-hydrogen) atoms. The molecule has 6 heteroatoms. The number of piperidine rings is 1. The average Bonchev–Trinajstić information content (AvgIpc) is 3.23. The van der Waals surface area contributed by atoms with Gasteiger partial charge < -0.3 is 4.90 Å². The highest BCUT2D eigenvalue weighted by Crippen LogP contribution is 2.38. The Labute approximate surface area is 161 Å². The third kappa shape index (κ3) is 2.85. The second kappa shape index (κ2) is 6.89. The second-order valence-electron chi connectivity index (χ2n) is 6.63. The maximum atomic E-state index is 13.3. The van der Waals surface area contributed by atoms with Gasteiger partial charge in [-0.1, -0.05) is 17.7 Å². The lowest BCUT2D eigenvalue weighted by Gasteiger charge is -2.29. The van der Waals surface area contributed by atoms with Gasteiger partial charge in [0, 0.05) is 23.0 Å². The van der Waals surface area contributed by atoms with E-state index < -0.39 is 0 Å². The van der Waals surface area contributed by atoms with Crippen LogP contribution in [-0.4, -0.2) is 29.8 Å². The molecule has 0 bridgehead atoms. The summed E-state index contributed by atoms with van der Waals surface area (Å²) in [6, 6.07) is 9.07. The molecule has 0 atom stereocenters. The third-order valence-corrected chi connectivity index (χ3v) is 6.02. The number of likely N-dealkylation sites (tertiary alicyclic amines) is 1. The molecule has 2 aliphatic heterocycles. The molecule has 0 unspecified atom stereocenters. The number of carbonyl (C=O) groups excluding carboxylic acids is 2. The van der Waals surface area contributed by atoms with Gasteiger partial charge in [-0.25, -0.2) is 4.90 Å². The number of amides is 2. The Hall–Kier alpha value is -2.11. The van der Waals surface area contributed by atoms with Crippen LogP contribution in [0.2, 0.25) is 5.02 Å². The molecule has 2 aliphatic rings. The second-order valence-corrected chi connectivity index (χ2v) is 8.01. The maximum Gasteiger partial charge on any atom is 0.282 e. The molecule has 1 saturated heterocycles. The minimum absolute atomic E-state index is 0.231. The minimum atomic E-state index is -0.247. The van der Waals surface area contributed by atoms with E-state index >= 15 is 0 Å². The lowest BCUT2D eigenvalue weighted by molar-refractivity contribution is -0.120. The molecule has 4 rings (SSSR count). The molecule has 0 spiro atoms. The van der Waals surface area contributed by atoms with Crippen molar-refractivity contribution in [2.45, 2.75) is 26.2 Å². The molecule has 0 saturated carbocycles. The number of thiophene rings is 1. The van der Waals surface area contributed by atoms with E-state index in [0.717, 1.165) is 36.4 Å². The number of imide groups is 1. The fourth-order valence-electron chi connectivity index (χ4n) is 3.66. The van der Waals surface area contributed by atoms with Crippen molar-refractivity contribution < 1.29 is 9.59 Å². The van der Waals surface area contributed by atoms with Crippen molar-refractivity contribution in [3.63, 3.8) is 0 Å². The number of halogens is 1.